The minimum atomic E-state index is -0.164. The van der Waals surface area contributed by atoms with E-state index in [4.69, 9.17) is 0 Å². The van der Waals surface area contributed by atoms with E-state index in [1.54, 1.807) is 17.4 Å². The van der Waals surface area contributed by atoms with Gasteiger partial charge < -0.3 is 5.32 Å². The average molecular weight is 249 g/mol. The topological polar surface area (TPSA) is 12.0 Å². The van der Waals surface area contributed by atoms with Gasteiger partial charge in [0.25, 0.3) is 0 Å². The molecule has 2 rings (SSSR count). The van der Waals surface area contributed by atoms with Gasteiger partial charge in [-0.1, -0.05) is 6.07 Å². The van der Waals surface area contributed by atoms with Crippen LogP contribution < -0.4 is 5.32 Å². The number of rotatable bonds is 4. The molecule has 0 saturated carbocycles. The molecule has 0 fully saturated rings. The van der Waals surface area contributed by atoms with Crippen LogP contribution in [0.3, 0.4) is 0 Å². The van der Waals surface area contributed by atoms with E-state index in [9.17, 15) is 4.39 Å². The van der Waals surface area contributed by atoms with E-state index in [-0.39, 0.29) is 5.82 Å². The Bertz CT molecular complexity index is 479. The highest BCUT2D eigenvalue weighted by Gasteiger charge is 2.12. The van der Waals surface area contributed by atoms with Crippen LogP contribution in [0.5, 0.6) is 0 Å². The second kappa shape index (κ2) is 5.43. The molecule has 0 aliphatic carbocycles. The third-order valence-electron chi connectivity index (χ3n) is 3.02. The fourth-order valence-corrected chi connectivity index (χ4v) is 2.68. The molecule has 1 atom stereocenters. The normalized spacial score (nSPS) is 12.6. The maximum atomic E-state index is 13.0. The highest BCUT2D eigenvalue weighted by Crippen LogP contribution is 2.22. The number of hydrogen-bond acceptors (Lipinski definition) is 2. The van der Waals surface area contributed by atoms with Crippen molar-refractivity contribution >= 4 is 11.3 Å². The molecule has 1 N–H and O–H groups in total. The second-order valence-corrected chi connectivity index (χ2v) is 4.95. The maximum absolute atomic E-state index is 13.0. The van der Waals surface area contributed by atoms with E-state index in [1.165, 1.54) is 17.2 Å². The molecule has 0 radical (unpaired) electrons. The lowest BCUT2D eigenvalue weighted by atomic mass is 9.98. The lowest BCUT2D eigenvalue weighted by molar-refractivity contribution is 0.588. The number of benzene rings is 1. The van der Waals surface area contributed by atoms with Crippen molar-refractivity contribution in [1.29, 1.82) is 0 Å². The second-order valence-electron chi connectivity index (χ2n) is 4.17. The predicted octanol–water partition coefficient (Wildman–Crippen LogP) is 3.70. The first-order valence-electron chi connectivity index (χ1n) is 5.65. The van der Waals surface area contributed by atoms with Crippen molar-refractivity contribution in [2.75, 3.05) is 7.05 Å². The molecule has 17 heavy (non-hydrogen) atoms. The molecule has 0 bridgehead atoms. The summed E-state index contributed by atoms with van der Waals surface area (Å²) in [6, 6.07) is 7.43. The first kappa shape index (κ1) is 12.3. The molecule has 3 heteroatoms. The molecule has 0 aliphatic heterocycles. The molecule has 0 saturated heterocycles. The van der Waals surface area contributed by atoms with Crippen LogP contribution in [0.1, 0.15) is 22.7 Å². The van der Waals surface area contributed by atoms with E-state index in [0.717, 1.165) is 12.0 Å². The minimum Gasteiger partial charge on any atom is -0.313 e. The summed E-state index contributed by atoms with van der Waals surface area (Å²) < 4.78 is 13.0. The van der Waals surface area contributed by atoms with Crippen LogP contribution >= 0.6 is 11.3 Å². The summed E-state index contributed by atoms with van der Waals surface area (Å²) in [6.45, 7) is 1.96. The van der Waals surface area contributed by atoms with Crippen molar-refractivity contribution in [2.24, 2.45) is 0 Å². The van der Waals surface area contributed by atoms with Gasteiger partial charge in [-0.15, -0.1) is 0 Å². The summed E-state index contributed by atoms with van der Waals surface area (Å²) in [5.74, 6) is -0.164. The lowest BCUT2D eigenvalue weighted by Crippen LogP contribution is -2.18. The Morgan fingerprint density at radius 3 is 2.76 bits per heavy atom. The fraction of sp³-hybridized carbons (Fsp3) is 0.286. The van der Waals surface area contributed by atoms with Crippen molar-refractivity contribution in [3.8, 4) is 0 Å². The Hall–Kier alpha value is -1.19. The first-order valence-corrected chi connectivity index (χ1v) is 6.59. The predicted molar refractivity (Wildman–Crippen MR) is 71.0 cm³/mol. The van der Waals surface area contributed by atoms with Crippen LogP contribution in [0.25, 0.3) is 0 Å². The van der Waals surface area contributed by atoms with E-state index in [1.807, 2.05) is 20.0 Å². The average Bonchev–Trinajstić information content (AvgIpc) is 2.81. The molecular weight excluding hydrogens is 233 g/mol. The van der Waals surface area contributed by atoms with Crippen LogP contribution in [0, 0.1) is 12.7 Å². The van der Waals surface area contributed by atoms with Crippen molar-refractivity contribution in [2.45, 2.75) is 19.4 Å². The number of aryl methyl sites for hydroxylation is 1. The number of likely N-dealkylation sites (N-methyl/N-ethyl adjacent to an activating group) is 1. The molecule has 0 amide bonds. The van der Waals surface area contributed by atoms with Crippen LogP contribution in [0.2, 0.25) is 0 Å². The molecule has 0 aliphatic rings. The van der Waals surface area contributed by atoms with Gasteiger partial charge in [-0.2, -0.15) is 11.3 Å². The van der Waals surface area contributed by atoms with Crippen molar-refractivity contribution in [3.63, 3.8) is 0 Å². The molecule has 2 aromatic rings. The highest BCUT2D eigenvalue weighted by atomic mass is 32.1. The molecule has 1 unspecified atom stereocenters. The van der Waals surface area contributed by atoms with Gasteiger partial charge in [0.05, 0.1) is 0 Å². The Morgan fingerprint density at radius 1 is 1.35 bits per heavy atom. The van der Waals surface area contributed by atoms with E-state index in [2.05, 4.69) is 22.1 Å². The van der Waals surface area contributed by atoms with Gasteiger partial charge >= 0.3 is 0 Å². The third kappa shape index (κ3) is 2.93. The van der Waals surface area contributed by atoms with Crippen LogP contribution in [-0.2, 0) is 6.42 Å². The summed E-state index contributed by atoms with van der Waals surface area (Å²) in [4.78, 5) is 0. The number of hydrogen-bond donors (Lipinski definition) is 1. The molecular formula is C14H16FNS. The van der Waals surface area contributed by atoms with Gasteiger partial charge in [0.15, 0.2) is 0 Å². The molecule has 1 nitrogen and oxygen atoms in total. The van der Waals surface area contributed by atoms with Gasteiger partial charge in [-0.05, 0) is 66.0 Å². The van der Waals surface area contributed by atoms with Crippen molar-refractivity contribution in [1.82, 2.24) is 5.32 Å². The third-order valence-corrected chi connectivity index (χ3v) is 3.72. The first-order chi connectivity index (χ1) is 8.20. The Balaban J connectivity index is 2.19. The number of halogens is 1. The zero-order valence-corrected chi connectivity index (χ0v) is 10.9. The van der Waals surface area contributed by atoms with E-state index in [0.29, 0.717) is 6.04 Å². The van der Waals surface area contributed by atoms with Gasteiger partial charge in [0.1, 0.15) is 5.82 Å². The highest BCUT2D eigenvalue weighted by molar-refractivity contribution is 7.07. The number of nitrogens with one attached hydrogen (secondary N) is 1. The zero-order valence-electron chi connectivity index (χ0n) is 10.0. The maximum Gasteiger partial charge on any atom is 0.123 e. The van der Waals surface area contributed by atoms with E-state index < -0.39 is 0 Å². The van der Waals surface area contributed by atoms with Crippen LogP contribution in [-0.4, -0.2) is 7.05 Å². The fourth-order valence-electron chi connectivity index (χ4n) is 1.97. The molecule has 1 aromatic carbocycles. The SMILES string of the molecule is CNC(Cc1ccc(F)cc1C)c1ccsc1. The van der Waals surface area contributed by atoms with Crippen molar-refractivity contribution < 1.29 is 4.39 Å². The molecule has 90 valence electrons. The molecule has 1 heterocycles. The molecule has 0 spiro atoms. The smallest absolute Gasteiger partial charge is 0.123 e. The van der Waals surface area contributed by atoms with Crippen LogP contribution in [0.4, 0.5) is 4.39 Å². The van der Waals surface area contributed by atoms with Gasteiger partial charge in [0.2, 0.25) is 0 Å². The monoisotopic (exact) mass is 249 g/mol. The summed E-state index contributed by atoms with van der Waals surface area (Å²) in [6.07, 6.45) is 0.888. The van der Waals surface area contributed by atoms with E-state index >= 15 is 0 Å². The standard InChI is InChI=1S/C14H16FNS/c1-10-7-13(15)4-3-11(10)8-14(16-2)12-5-6-17-9-12/h3-7,9,14,16H,8H2,1-2H3. The summed E-state index contributed by atoms with van der Waals surface area (Å²) >= 11 is 1.70. The largest absolute Gasteiger partial charge is 0.313 e. The summed E-state index contributed by atoms with van der Waals surface area (Å²) in [7, 11) is 1.96. The van der Waals surface area contributed by atoms with Gasteiger partial charge in [-0.25, -0.2) is 4.39 Å². The quantitative estimate of drug-likeness (QED) is 0.871. The van der Waals surface area contributed by atoms with Gasteiger partial charge in [0, 0.05) is 6.04 Å². The zero-order chi connectivity index (χ0) is 12.3. The summed E-state index contributed by atoms with van der Waals surface area (Å²) in [5, 5.41) is 7.54. The lowest BCUT2D eigenvalue weighted by Gasteiger charge is -2.16. The van der Waals surface area contributed by atoms with Crippen molar-refractivity contribution in [3.05, 3.63) is 57.5 Å². The Kier molecular flexibility index (Phi) is 3.92. The Morgan fingerprint density at radius 2 is 2.18 bits per heavy atom. The number of thiophene rings is 1. The van der Waals surface area contributed by atoms with Crippen LogP contribution in [0.15, 0.2) is 35.0 Å². The molecule has 1 aromatic heterocycles. The summed E-state index contributed by atoms with van der Waals surface area (Å²) in [5.41, 5.74) is 3.50. The Labute approximate surface area is 105 Å². The van der Waals surface area contributed by atoms with Gasteiger partial charge in [-0.3, -0.25) is 0 Å². The minimum absolute atomic E-state index is 0.164.